The molecule has 0 atom stereocenters. The lowest BCUT2D eigenvalue weighted by Gasteiger charge is -2.38. The molecule has 5 nitrogen and oxygen atoms in total. The number of nitrogens with one attached hydrogen (secondary N) is 2. The van der Waals surface area contributed by atoms with E-state index in [1.54, 1.807) is 7.11 Å². The van der Waals surface area contributed by atoms with Crippen LogP contribution in [0.15, 0.2) is 24.3 Å². The number of carbonyl (C=O) groups excluding carboxylic acids is 1. The monoisotopic (exact) mass is 325 g/mol. The number of amides is 2. The molecule has 0 saturated carbocycles. The van der Waals surface area contributed by atoms with Gasteiger partial charge in [-0.15, -0.1) is 12.4 Å². The van der Waals surface area contributed by atoms with Crippen LogP contribution in [0.3, 0.4) is 0 Å². The number of carbonyl (C=O) groups is 1. The Morgan fingerprint density at radius 3 is 2.73 bits per heavy atom. The van der Waals surface area contributed by atoms with Crippen LogP contribution in [0, 0.1) is 5.41 Å². The first-order valence-corrected chi connectivity index (χ1v) is 7.62. The predicted octanol–water partition coefficient (Wildman–Crippen LogP) is 2.72. The average molecular weight is 326 g/mol. The Kier molecular flexibility index (Phi) is 5.53. The molecule has 6 heteroatoms. The quantitative estimate of drug-likeness (QED) is 0.879. The van der Waals surface area contributed by atoms with Crippen molar-refractivity contribution >= 4 is 24.1 Å². The van der Waals surface area contributed by atoms with Crippen LogP contribution >= 0.6 is 12.4 Å². The molecule has 122 valence electrons. The zero-order valence-electron chi connectivity index (χ0n) is 12.9. The molecule has 2 heterocycles. The highest BCUT2D eigenvalue weighted by atomic mass is 35.5. The van der Waals surface area contributed by atoms with E-state index < -0.39 is 0 Å². The van der Waals surface area contributed by atoms with Crippen LogP contribution in [0.25, 0.3) is 0 Å². The molecule has 0 unspecified atom stereocenters. The number of nitrogens with zero attached hydrogens (tertiary/aromatic N) is 1. The maximum Gasteiger partial charge on any atom is 0.321 e. The van der Waals surface area contributed by atoms with Gasteiger partial charge in [-0.1, -0.05) is 6.07 Å². The minimum atomic E-state index is -0.0101. The Labute approximate surface area is 137 Å². The Morgan fingerprint density at radius 1 is 1.32 bits per heavy atom. The molecule has 3 rings (SSSR count). The van der Waals surface area contributed by atoms with E-state index in [2.05, 4.69) is 10.6 Å². The van der Waals surface area contributed by atoms with Gasteiger partial charge >= 0.3 is 6.03 Å². The van der Waals surface area contributed by atoms with Crippen LogP contribution in [-0.2, 0) is 0 Å². The number of ether oxygens (including phenoxy) is 1. The smallest absolute Gasteiger partial charge is 0.321 e. The third kappa shape index (κ3) is 3.65. The number of hydrogen-bond acceptors (Lipinski definition) is 3. The molecule has 2 aliphatic heterocycles. The van der Waals surface area contributed by atoms with Crippen LogP contribution < -0.4 is 15.4 Å². The summed E-state index contributed by atoms with van der Waals surface area (Å²) in [5.74, 6) is 0.752. The van der Waals surface area contributed by atoms with E-state index in [9.17, 15) is 4.79 Å². The van der Waals surface area contributed by atoms with Crippen molar-refractivity contribution in [3.8, 4) is 5.75 Å². The molecule has 2 aliphatic rings. The molecular formula is C16H24ClN3O2. The summed E-state index contributed by atoms with van der Waals surface area (Å²) in [5.41, 5.74) is 1.22. The molecule has 2 N–H and O–H groups in total. The number of hydrogen-bond donors (Lipinski definition) is 2. The second-order valence-corrected chi connectivity index (χ2v) is 6.08. The molecule has 1 spiro atoms. The number of likely N-dealkylation sites (tertiary alicyclic amines) is 1. The first-order valence-electron chi connectivity index (χ1n) is 7.62. The molecule has 22 heavy (non-hydrogen) atoms. The van der Waals surface area contributed by atoms with E-state index in [1.807, 2.05) is 29.2 Å². The van der Waals surface area contributed by atoms with E-state index in [-0.39, 0.29) is 18.4 Å². The minimum Gasteiger partial charge on any atom is -0.497 e. The average Bonchev–Trinajstić information content (AvgIpc) is 2.96. The fourth-order valence-electron chi connectivity index (χ4n) is 3.31. The highest BCUT2D eigenvalue weighted by Crippen LogP contribution is 2.37. The number of rotatable bonds is 2. The van der Waals surface area contributed by atoms with Crippen molar-refractivity contribution in [3.63, 3.8) is 0 Å². The van der Waals surface area contributed by atoms with Crippen molar-refractivity contribution in [2.45, 2.75) is 19.3 Å². The van der Waals surface area contributed by atoms with E-state index in [0.29, 0.717) is 5.41 Å². The van der Waals surface area contributed by atoms with Gasteiger partial charge < -0.3 is 20.3 Å². The largest absolute Gasteiger partial charge is 0.497 e. The predicted molar refractivity (Wildman–Crippen MR) is 90.0 cm³/mol. The lowest BCUT2D eigenvalue weighted by molar-refractivity contribution is 0.137. The van der Waals surface area contributed by atoms with Crippen LogP contribution in [0.5, 0.6) is 5.75 Å². The fourth-order valence-corrected chi connectivity index (χ4v) is 3.31. The Bertz CT molecular complexity index is 508. The van der Waals surface area contributed by atoms with Crippen LogP contribution in [0.2, 0.25) is 0 Å². The van der Waals surface area contributed by atoms with Gasteiger partial charge in [0.15, 0.2) is 0 Å². The molecule has 2 saturated heterocycles. The van der Waals surface area contributed by atoms with Crippen LogP contribution in [0.1, 0.15) is 19.3 Å². The first-order chi connectivity index (χ1) is 10.2. The van der Waals surface area contributed by atoms with E-state index in [0.717, 1.165) is 50.5 Å². The van der Waals surface area contributed by atoms with Gasteiger partial charge in [-0.25, -0.2) is 4.79 Å². The number of piperidine rings is 1. The summed E-state index contributed by atoms with van der Waals surface area (Å²) in [6.45, 7) is 3.92. The van der Waals surface area contributed by atoms with Gasteiger partial charge in [0.25, 0.3) is 0 Å². The zero-order valence-corrected chi connectivity index (χ0v) is 13.7. The normalized spacial score (nSPS) is 19.6. The maximum atomic E-state index is 12.3. The zero-order chi connectivity index (χ0) is 14.7. The van der Waals surface area contributed by atoms with Crippen LogP contribution in [0.4, 0.5) is 10.5 Å². The minimum absolute atomic E-state index is 0. The van der Waals surface area contributed by atoms with Gasteiger partial charge in [-0.2, -0.15) is 0 Å². The summed E-state index contributed by atoms with van der Waals surface area (Å²) < 4.78 is 5.17. The lowest BCUT2D eigenvalue weighted by atomic mass is 9.78. The number of methoxy groups -OCH3 is 1. The van der Waals surface area contributed by atoms with E-state index in [1.165, 1.54) is 6.42 Å². The molecular weight excluding hydrogens is 302 g/mol. The van der Waals surface area contributed by atoms with E-state index >= 15 is 0 Å². The van der Waals surface area contributed by atoms with Crippen molar-refractivity contribution < 1.29 is 9.53 Å². The van der Waals surface area contributed by atoms with Gasteiger partial charge in [0.05, 0.1) is 7.11 Å². The first kappa shape index (κ1) is 16.9. The van der Waals surface area contributed by atoms with Gasteiger partial charge in [-0.05, 0) is 43.4 Å². The summed E-state index contributed by atoms with van der Waals surface area (Å²) in [4.78, 5) is 14.2. The van der Waals surface area contributed by atoms with Crippen molar-refractivity contribution in [1.29, 1.82) is 0 Å². The van der Waals surface area contributed by atoms with Crippen LogP contribution in [-0.4, -0.2) is 44.2 Å². The highest BCUT2D eigenvalue weighted by Gasteiger charge is 2.38. The summed E-state index contributed by atoms with van der Waals surface area (Å²) in [7, 11) is 1.63. The molecule has 1 aromatic carbocycles. The maximum absolute atomic E-state index is 12.3. The van der Waals surface area contributed by atoms with Crippen molar-refractivity contribution in [2.24, 2.45) is 5.41 Å². The Hall–Kier alpha value is -1.46. The summed E-state index contributed by atoms with van der Waals surface area (Å²) in [5, 5.41) is 6.40. The van der Waals surface area contributed by atoms with Crippen molar-refractivity contribution in [1.82, 2.24) is 10.2 Å². The molecule has 0 aromatic heterocycles. The number of urea groups is 1. The Morgan fingerprint density at radius 2 is 2.09 bits per heavy atom. The fraction of sp³-hybridized carbons (Fsp3) is 0.562. The second-order valence-electron chi connectivity index (χ2n) is 6.08. The molecule has 0 aliphatic carbocycles. The topological polar surface area (TPSA) is 53.6 Å². The SMILES string of the molecule is COc1cccc(NC(=O)N2CCC3(CCNC3)CC2)c1.Cl. The molecule has 0 bridgehead atoms. The highest BCUT2D eigenvalue weighted by molar-refractivity contribution is 5.89. The molecule has 1 aromatic rings. The van der Waals surface area contributed by atoms with Gasteiger partial charge in [0, 0.05) is 31.4 Å². The number of halogens is 1. The van der Waals surface area contributed by atoms with Gasteiger partial charge in [0.1, 0.15) is 5.75 Å². The molecule has 2 amide bonds. The lowest BCUT2D eigenvalue weighted by Crippen LogP contribution is -2.45. The summed E-state index contributed by atoms with van der Waals surface area (Å²) in [6, 6.07) is 7.46. The molecule has 2 fully saturated rings. The molecule has 0 radical (unpaired) electrons. The van der Waals surface area contributed by atoms with Crippen molar-refractivity contribution in [3.05, 3.63) is 24.3 Å². The second kappa shape index (κ2) is 7.20. The summed E-state index contributed by atoms with van der Waals surface area (Å²) >= 11 is 0. The number of benzene rings is 1. The summed E-state index contributed by atoms with van der Waals surface area (Å²) in [6.07, 6.45) is 3.45. The van der Waals surface area contributed by atoms with E-state index in [4.69, 9.17) is 4.74 Å². The van der Waals surface area contributed by atoms with Gasteiger partial charge in [-0.3, -0.25) is 0 Å². The van der Waals surface area contributed by atoms with Crippen molar-refractivity contribution in [2.75, 3.05) is 38.6 Å². The number of anilines is 1. The Balaban J connectivity index is 0.00000176. The third-order valence-electron chi connectivity index (χ3n) is 4.76. The van der Waals surface area contributed by atoms with Gasteiger partial charge in [0.2, 0.25) is 0 Å². The standard InChI is InChI=1S/C16H23N3O2.ClH/c1-21-14-4-2-3-13(11-14)18-15(20)19-9-6-16(7-10-19)5-8-17-12-16;/h2-4,11,17H,5-10,12H2,1H3,(H,18,20);1H. The third-order valence-corrected chi connectivity index (χ3v) is 4.76.